The number of rotatable bonds is 4. The van der Waals surface area contributed by atoms with Crippen molar-refractivity contribution in [1.29, 1.82) is 0 Å². The smallest absolute Gasteiger partial charge is 0.254 e. The number of hydrogen-bond donors (Lipinski definition) is 3. The SMILES string of the molecule is CC(O)CC(C)NC(=O)c1cc(N)c(F)cc1F. The molecule has 0 fully saturated rings. The zero-order valence-electron chi connectivity index (χ0n) is 10.2. The second kappa shape index (κ2) is 5.77. The fourth-order valence-corrected chi connectivity index (χ4v) is 1.61. The third-order valence-electron chi connectivity index (χ3n) is 2.40. The zero-order chi connectivity index (χ0) is 13.9. The lowest BCUT2D eigenvalue weighted by Crippen LogP contribution is -2.35. The Hall–Kier alpha value is -1.69. The van der Waals surface area contributed by atoms with Crippen molar-refractivity contribution >= 4 is 11.6 Å². The van der Waals surface area contributed by atoms with E-state index in [1.807, 2.05) is 0 Å². The quantitative estimate of drug-likeness (QED) is 0.715. The van der Waals surface area contributed by atoms with Crippen molar-refractivity contribution in [2.24, 2.45) is 0 Å². The molecule has 0 aromatic heterocycles. The third-order valence-corrected chi connectivity index (χ3v) is 2.40. The molecule has 1 amide bonds. The first kappa shape index (κ1) is 14.4. The van der Waals surface area contributed by atoms with Crippen LogP contribution in [0.5, 0.6) is 0 Å². The minimum atomic E-state index is -0.969. The molecule has 4 N–H and O–H groups in total. The fraction of sp³-hybridized carbons (Fsp3) is 0.417. The Morgan fingerprint density at radius 2 is 2.00 bits per heavy atom. The molecule has 1 aromatic carbocycles. The number of carbonyl (C=O) groups excluding carboxylic acids is 1. The number of carbonyl (C=O) groups is 1. The van der Waals surface area contributed by atoms with E-state index < -0.39 is 23.6 Å². The Balaban J connectivity index is 2.82. The highest BCUT2D eigenvalue weighted by molar-refractivity contribution is 5.95. The number of nitrogens with two attached hydrogens (primary N) is 1. The number of halogens is 2. The van der Waals surface area contributed by atoms with Gasteiger partial charge in [0.25, 0.3) is 5.91 Å². The van der Waals surface area contributed by atoms with Crippen LogP contribution in [0.3, 0.4) is 0 Å². The van der Waals surface area contributed by atoms with E-state index in [2.05, 4.69) is 5.32 Å². The van der Waals surface area contributed by atoms with Crippen LogP contribution in [0.25, 0.3) is 0 Å². The standard InChI is InChI=1S/C12H16F2N2O2/c1-6(3-7(2)17)16-12(18)8-4-11(15)10(14)5-9(8)13/h4-7,17H,3,15H2,1-2H3,(H,16,18). The van der Waals surface area contributed by atoms with Crippen LogP contribution in [0.2, 0.25) is 0 Å². The zero-order valence-corrected chi connectivity index (χ0v) is 10.2. The normalized spacial score (nSPS) is 14.1. The number of benzene rings is 1. The lowest BCUT2D eigenvalue weighted by Gasteiger charge is -2.15. The third kappa shape index (κ3) is 3.66. The maximum Gasteiger partial charge on any atom is 0.254 e. The summed E-state index contributed by atoms with van der Waals surface area (Å²) in [5.74, 6) is -2.56. The number of aliphatic hydroxyl groups is 1. The topological polar surface area (TPSA) is 75.3 Å². The number of nitrogen functional groups attached to an aromatic ring is 1. The van der Waals surface area contributed by atoms with E-state index in [0.717, 1.165) is 6.07 Å². The van der Waals surface area contributed by atoms with Gasteiger partial charge >= 0.3 is 0 Å². The molecular formula is C12H16F2N2O2. The van der Waals surface area contributed by atoms with Gasteiger partial charge in [0.05, 0.1) is 17.4 Å². The van der Waals surface area contributed by atoms with E-state index in [-0.39, 0.29) is 17.3 Å². The molecule has 0 bridgehead atoms. The molecule has 0 saturated heterocycles. The van der Waals surface area contributed by atoms with Crippen LogP contribution in [0.15, 0.2) is 12.1 Å². The number of amides is 1. The van der Waals surface area contributed by atoms with Gasteiger partial charge in [0, 0.05) is 12.1 Å². The Morgan fingerprint density at radius 1 is 1.39 bits per heavy atom. The van der Waals surface area contributed by atoms with Crippen molar-refractivity contribution in [1.82, 2.24) is 5.32 Å². The molecule has 0 radical (unpaired) electrons. The van der Waals surface area contributed by atoms with E-state index in [0.29, 0.717) is 12.5 Å². The van der Waals surface area contributed by atoms with Gasteiger partial charge in [-0.2, -0.15) is 0 Å². The van der Waals surface area contributed by atoms with Gasteiger partial charge < -0.3 is 16.2 Å². The van der Waals surface area contributed by atoms with Gasteiger partial charge in [-0.1, -0.05) is 0 Å². The molecule has 0 aliphatic rings. The monoisotopic (exact) mass is 258 g/mol. The van der Waals surface area contributed by atoms with Crippen molar-refractivity contribution in [2.45, 2.75) is 32.4 Å². The Kier molecular flexibility index (Phi) is 4.61. The van der Waals surface area contributed by atoms with Gasteiger partial charge in [0.2, 0.25) is 0 Å². The van der Waals surface area contributed by atoms with Crippen LogP contribution in [0, 0.1) is 11.6 Å². The van der Waals surface area contributed by atoms with E-state index in [4.69, 9.17) is 10.8 Å². The summed E-state index contributed by atoms with van der Waals surface area (Å²) in [5.41, 5.74) is 4.68. The van der Waals surface area contributed by atoms with Crippen LogP contribution < -0.4 is 11.1 Å². The lowest BCUT2D eigenvalue weighted by molar-refractivity contribution is 0.0919. The van der Waals surface area contributed by atoms with Gasteiger partial charge in [-0.25, -0.2) is 8.78 Å². The maximum absolute atomic E-state index is 13.4. The molecule has 6 heteroatoms. The van der Waals surface area contributed by atoms with Crippen molar-refractivity contribution in [3.63, 3.8) is 0 Å². The molecule has 0 aliphatic heterocycles. The molecule has 0 spiro atoms. The number of anilines is 1. The van der Waals surface area contributed by atoms with Crippen molar-refractivity contribution in [3.05, 3.63) is 29.3 Å². The predicted octanol–water partition coefficient (Wildman–Crippen LogP) is 1.44. The molecule has 1 rings (SSSR count). The summed E-state index contributed by atoms with van der Waals surface area (Å²) < 4.78 is 26.3. The molecule has 18 heavy (non-hydrogen) atoms. The Morgan fingerprint density at radius 3 is 2.56 bits per heavy atom. The summed E-state index contributed by atoms with van der Waals surface area (Å²) in [5, 5.41) is 11.6. The number of hydrogen-bond acceptors (Lipinski definition) is 3. The maximum atomic E-state index is 13.4. The van der Waals surface area contributed by atoms with Crippen LogP contribution in [-0.2, 0) is 0 Å². The molecule has 100 valence electrons. The van der Waals surface area contributed by atoms with E-state index in [1.165, 1.54) is 0 Å². The summed E-state index contributed by atoms with van der Waals surface area (Å²) in [7, 11) is 0. The second-order valence-corrected chi connectivity index (χ2v) is 4.31. The highest BCUT2D eigenvalue weighted by atomic mass is 19.1. The average molecular weight is 258 g/mol. The van der Waals surface area contributed by atoms with Gasteiger partial charge in [0.15, 0.2) is 0 Å². The van der Waals surface area contributed by atoms with E-state index in [1.54, 1.807) is 13.8 Å². The second-order valence-electron chi connectivity index (χ2n) is 4.31. The summed E-state index contributed by atoms with van der Waals surface area (Å²) in [6.07, 6.45) is -0.243. The summed E-state index contributed by atoms with van der Waals surface area (Å²) in [6, 6.07) is 1.20. The lowest BCUT2D eigenvalue weighted by atomic mass is 10.1. The fourth-order valence-electron chi connectivity index (χ4n) is 1.61. The number of nitrogens with one attached hydrogen (secondary N) is 1. The molecule has 0 aliphatic carbocycles. The predicted molar refractivity (Wildman–Crippen MR) is 64.0 cm³/mol. The van der Waals surface area contributed by atoms with Gasteiger partial charge in [0.1, 0.15) is 11.6 Å². The minimum Gasteiger partial charge on any atom is -0.396 e. The van der Waals surface area contributed by atoms with Crippen LogP contribution in [0.1, 0.15) is 30.6 Å². The molecule has 0 heterocycles. The Bertz CT molecular complexity index is 450. The van der Waals surface area contributed by atoms with Gasteiger partial charge in [-0.05, 0) is 26.3 Å². The first-order chi connectivity index (χ1) is 8.31. The molecule has 2 atom stereocenters. The van der Waals surface area contributed by atoms with E-state index >= 15 is 0 Å². The molecular weight excluding hydrogens is 242 g/mol. The first-order valence-electron chi connectivity index (χ1n) is 5.54. The van der Waals surface area contributed by atoms with Crippen molar-refractivity contribution in [3.8, 4) is 0 Å². The van der Waals surface area contributed by atoms with E-state index in [9.17, 15) is 13.6 Å². The van der Waals surface area contributed by atoms with Gasteiger partial charge in [-0.15, -0.1) is 0 Å². The summed E-state index contributed by atoms with van der Waals surface area (Å²) in [4.78, 5) is 11.7. The summed E-state index contributed by atoms with van der Waals surface area (Å²) >= 11 is 0. The molecule has 4 nitrogen and oxygen atoms in total. The van der Waals surface area contributed by atoms with Crippen LogP contribution in [0.4, 0.5) is 14.5 Å². The highest BCUT2D eigenvalue weighted by Gasteiger charge is 2.17. The number of aliphatic hydroxyl groups excluding tert-OH is 1. The van der Waals surface area contributed by atoms with Crippen molar-refractivity contribution < 1.29 is 18.7 Å². The first-order valence-corrected chi connectivity index (χ1v) is 5.54. The largest absolute Gasteiger partial charge is 0.396 e. The minimum absolute atomic E-state index is 0.287. The summed E-state index contributed by atoms with van der Waals surface area (Å²) in [6.45, 7) is 3.26. The highest BCUT2D eigenvalue weighted by Crippen LogP contribution is 2.16. The van der Waals surface area contributed by atoms with Crippen molar-refractivity contribution in [2.75, 3.05) is 5.73 Å². The molecule has 1 aromatic rings. The molecule has 0 saturated carbocycles. The Labute approximate surface area is 104 Å². The van der Waals surface area contributed by atoms with Gasteiger partial charge in [-0.3, -0.25) is 4.79 Å². The average Bonchev–Trinajstić information content (AvgIpc) is 2.21. The molecule has 2 unspecified atom stereocenters. The van der Waals surface area contributed by atoms with Crippen LogP contribution >= 0.6 is 0 Å². The van der Waals surface area contributed by atoms with Crippen LogP contribution in [-0.4, -0.2) is 23.2 Å².